The summed E-state index contributed by atoms with van der Waals surface area (Å²) in [5.74, 6) is -3.18. The Balaban J connectivity index is 2.68. The molecular weight excluding hydrogens is 901 g/mol. The maximum Gasteiger partial charge on any atom is 0.335 e. The summed E-state index contributed by atoms with van der Waals surface area (Å²) in [5.41, 5.74) is 0. The zero-order valence-corrected chi connectivity index (χ0v) is 44.4. The summed E-state index contributed by atoms with van der Waals surface area (Å²) in [6.07, 6.45) is 46.0. The summed E-state index contributed by atoms with van der Waals surface area (Å²) in [7, 11) is 0. The topological polar surface area (TPSA) is 175 Å². The van der Waals surface area contributed by atoms with E-state index in [9.17, 15) is 34.5 Å². The summed E-state index contributed by atoms with van der Waals surface area (Å²) >= 11 is 0. The molecule has 0 amide bonds. The molecule has 71 heavy (non-hydrogen) atoms. The number of carboxylic acid groups (broad SMARTS) is 1. The summed E-state index contributed by atoms with van der Waals surface area (Å²) < 4.78 is 28.3. The predicted octanol–water partition coefficient (Wildman–Crippen LogP) is 13.8. The molecule has 0 aromatic carbocycles. The normalized spacial score (nSPS) is 19.0. The zero-order chi connectivity index (χ0) is 51.8. The molecule has 6 unspecified atom stereocenters. The van der Waals surface area contributed by atoms with Crippen molar-refractivity contribution in [2.24, 2.45) is 0 Å². The number of allylic oxidation sites excluding steroid dienone is 12. The van der Waals surface area contributed by atoms with Gasteiger partial charge in [-0.15, -0.1) is 0 Å². The summed E-state index contributed by atoms with van der Waals surface area (Å²) in [4.78, 5) is 50.9. The SMILES string of the molecule is CC/C=C\C/C=C\C/C=C\CCCCCC(=O)OCC(COC1OC(C(=O)O)C(O)C(O)C1OC(=O)CCCCCCCC/C=C\C/C=C\C/C=C\CCCCC)OC(=O)CCCCCCCCCCC. The summed E-state index contributed by atoms with van der Waals surface area (Å²) in [6.45, 7) is 5.78. The fraction of sp³-hybridized carbons (Fsp3) is 0.729. The van der Waals surface area contributed by atoms with Crippen LogP contribution in [0.2, 0.25) is 0 Å². The van der Waals surface area contributed by atoms with E-state index in [1.165, 1.54) is 57.8 Å². The van der Waals surface area contributed by atoms with E-state index in [2.05, 4.69) is 93.7 Å². The number of carbonyl (C=O) groups excluding carboxylic acids is 3. The monoisotopic (exact) mass is 999 g/mol. The Bertz CT molecular complexity index is 1510. The number of ether oxygens (including phenoxy) is 5. The maximum absolute atomic E-state index is 13.0. The summed E-state index contributed by atoms with van der Waals surface area (Å²) in [6, 6.07) is 0. The smallest absolute Gasteiger partial charge is 0.335 e. The Morgan fingerprint density at radius 3 is 1.39 bits per heavy atom. The highest BCUT2D eigenvalue weighted by Crippen LogP contribution is 2.26. The fourth-order valence-corrected chi connectivity index (χ4v) is 7.98. The first-order valence-electron chi connectivity index (χ1n) is 27.9. The molecule has 0 radical (unpaired) electrons. The molecule has 1 saturated heterocycles. The van der Waals surface area contributed by atoms with Crippen molar-refractivity contribution in [1.82, 2.24) is 0 Å². The van der Waals surface area contributed by atoms with E-state index in [-0.39, 0.29) is 25.9 Å². The number of hydrogen-bond donors (Lipinski definition) is 3. The molecular formula is C59H98O12. The minimum atomic E-state index is -1.91. The van der Waals surface area contributed by atoms with E-state index in [0.29, 0.717) is 19.3 Å². The average molecular weight is 999 g/mol. The van der Waals surface area contributed by atoms with Gasteiger partial charge in [0.1, 0.15) is 18.8 Å². The van der Waals surface area contributed by atoms with Crippen LogP contribution >= 0.6 is 0 Å². The van der Waals surface area contributed by atoms with Crippen LogP contribution in [0.1, 0.15) is 226 Å². The van der Waals surface area contributed by atoms with Gasteiger partial charge in [-0.25, -0.2) is 4.79 Å². The Hall–Kier alpha value is -3.84. The molecule has 1 aliphatic heterocycles. The number of aliphatic carboxylic acids is 1. The van der Waals surface area contributed by atoms with Crippen molar-refractivity contribution in [3.05, 3.63) is 72.9 Å². The number of hydrogen-bond acceptors (Lipinski definition) is 11. The fourth-order valence-electron chi connectivity index (χ4n) is 7.98. The van der Waals surface area contributed by atoms with Crippen molar-refractivity contribution < 1.29 is 58.2 Å². The van der Waals surface area contributed by atoms with Crippen molar-refractivity contribution in [3.63, 3.8) is 0 Å². The average Bonchev–Trinajstić information content (AvgIpc) is 3.35. The van der Waals surface area contributed by atoms with Crippen LogP contribution in [0.25, 0.3) is 0 Å². The number of carboxylic acids is 1. The second kappa shape index (κ2) is 47.2. The van der Waals surface area contributed by atoms with Crippen LogP contribution in [0.15, 0.2) is 72.9 Å². The van der Waals surface area contributed by atoms with Gasteiger partial charge in [0.05, 0.1) is 6.61 Å². The van der Waals surface area contributed by atoms with E-state index in [0.717, 1.165) is 109 Å². The first-order valence-corrected chi connectivity index (χ1v) is 27.9. The van der Waals surface area contributed by atoms with Crippen molar-refractivity contribution >= 4 is 23.9 Å². The Morgan fingerprint density at radius 1 is 0.479 bits per heavy atom. The highest BCUT2D eigenvalue weighted by atomic mass is 16.7. The van der Waals surface area contributed by atoms with Crippen molar-refractivity contribution in [2.75, 3.05) is 13.2 Å². The Kier molecular flexibility index (Phi) is 43.3. The van der Waals surface area contributed by atoms with Crippen LogP contribution in [-0.4, -0.2) is 89.2 Å². The molecule has 0 spiro atoms. The molecule has 6 atom stereocenters. The van der Waals surface area contributed by atoms with Gasteiger partial charge >= 0.3 is 23.9 Å². The second-order valence-corrected chi connectivity index (χ2v) is 18.8. The number of rotatable bonds is 46. The lowest BCUT2D eigenvalue weighted by Gasteiger charge is -2.40. The zero-order valence-electron chi connectivity index (χ0n) is 44.4. The first-order chi connectivity index (χ1) is 34.6. The third kappa shape index (κ3) is 37.6. The van der Waals surface area contributed by atoms with Crippen LogP contribution in [-0.2, 0) is 42.9 Å². The number of aliphatic hydroxyl groups is 2. The van der Waals surface area contributed by atoms with Gasteiger partial charge in [0.2, 0.25) is 0 Å². The van der Waals surface area contributed by atoms with Crippen LogP contribution in [0, 0.1) is 0 Å². The lowest BCUT2D eigenvalue weighted by atomic mass is 9.98. The molecule has 0 aromatic rings. The van der Waals surface area contributed by atoms with Crippen molar-refractivity contribution in [1.29, 1.82) is 0 Å². The van der Waals surface area contributed by atoms with Gasteiger partial charge in [-0.05, 0) is 89.9 Å². The minimum Gasteiger partial charge on any atom is -0.479 e. The second-order valence-electron chi connectivity index (χ2n) is 18.8. The van der Waals surface area contributed by atoms with E-state index in [1.54, 1.807) is 0 Å². The van der Waals surface area contributed by atoms with Gasteiger partial charge in [0.25, 0.3) is 0 Å². The van der Waals surface area contributed by atoms with Gasteiger partial charge in [0.15, 0.2) is 24.6 Å². The third-order valence-electron chi connectivity index (χ3n) is 12.3. The lowest BCUT2D eigenvalue weighted by Crippen LogP contribution is -2.61. The number of esters is 3. The van der Waals surface area contributed by atoms with Crippen LogP contribution in [0.3, 0.4) is 0 Å². The highest BCUT2D eigenvalue weighted by Gasteiger charge is 2.50. The highest BCUT2D eigenvalue weighted by molar-refractivity contribution is 5.74. The number of aliphatic hydroxyl groups excluding tert-OH is 2. The third-order valence-corrected chi connectivity index (χ3v) is 12.3. The molecule has 12 heteroatoms. The van der Waals surface area contributed by atoms with E-state index < -0.39 is 67.3 Å². The Morgan fingerprint density at radius 2 is 0.887 bits per heavy atom. The Labute approximate surface area is 429 Å². The molecule has 12 nitrogen and oxygen atoms in total. The quantitative estimate of drug-likeness (QED) is 0.0228. The van der Waals surface area contributed by atoms with Gasteiger partial charge in [-0.3, -0.25) is 14.4 Å². The molecule has 0 aliphatic carbocycles. The predicted molar refractivity (Wildman–Crippen MR) is 285 cm³/mol. The van der Waals surface area contributed by atoms with Crippen molar-refractivity contribution in [2.45, 2.75) is 263 Å². The molecule has 0 bridgehead atoms. The molecule has 406 valence electrons. The maximum atomic E-state index is 13.0. The lowest BCUT2D eigenvalue weighted by molar-refractivity contribution is -0.301. The first kappa shape index (κ1) is 65.2. The molecule has 1 rings (SSSR count). The largest absolute Gasteiger partial charge is 0.479 e. The van der Waals surface area contributed by atoms with Gasteiger partial charge in [-0.1, -0.05) is 190 Å². The van der Waals surface area contributed by atoms with Gasteiger partial charge < -0.3 is 39.0 Å². The molecule has 1 fully saturated rings. The van der Waals surface area contributed by atoms with E-state index in [4.69, 9.17) is 23.7 Å². The molecule has 0 aromatic heterocycles. The van der Waals surface area contributed by atoms with Crippen LogP contribution in [0.5, 0.6) is 0 Å². The van der Waals surface area contributed by atoms with E-state index >= 15 is 0 Å². The van der Waals surface area contributed by atoms with Gasteiger partial charge in [0, 0.05) is 19.3 Å². The summed E-state index contributed by atoms with van der Waals surface area (Å²) in [5, 5.41) is 31.4. The minimum absolute atomic E-state index is 0.0417. The molecule has 0 saturated carbocycles. The molecule has 1 heterocycles. The van der Waals surface area contributed by atoms with Crippen molar-refractivity contribution in [3.8, 4) is 0 Å². The molecule has 1 aliphatic rings. The van der Waals surface area contributed by atoms with Gasteiger partial charge in [-0.2, -0.15) is 0 Å². The standard InChI is InChI=1S/C59H98O12/c1-4-7-10-13-16-19-21-23-24-25-26-27-28-30-32-35-38-41-44-47-53(62)70-57-55(64)54(63)56(58(65)66)71-59(57)68-49-50(69-52(61)46-43-40-37-33-18-15-12-9-6-3)48-67-51(60)45-42-39-36-34-31-29-22-20-17-14-11-8-5-2/h8,11,16-17,19-20,23-24,26-27,29,31,50,54-57,59,63-64H,4-7,9-10,12-15,18,21-22,25,28,30,32-49H2,1-3H3,(H,65,66)/b11-8-,19-16-,20-17-,24-23-,27-26-,31-29-. The van der Waals surface area contributed by atoms with Crippen LogP contribution in [0.4, 0.5) is 0 Å². The van der Waals surface area contributed by atoms with Crippen LogP contribution < -0.4 is 0 Å². The van der Waals surface area contributed by atoms with E-state index in [1.807, 2.05) is 0 Å². The number of carbonyl (C=O) groups is 4. The number of unbranched alkanes of at least 4 members (excludes halogenated alkanes) is 20. The molecule has 3 N–H and O–H groups in total.